The Hall–Kier alpha value is -2.93. The third-order valence-corrected chi connectivity index (χ3v) is 8.86. The molecule has 3 aliphatic rings. The fourth-order valence-electron chi connectivity index (χ4n) is 6.63. The van der Waals surface area contributed by atoms with Crippen molar-refractivity contribution in [2.75, 3.05) is 52.9 Å². The third-order valence-electron chi connectivity index (χ3n) is 8.86. The van der Waals surface area contributed by atoms with Crippen LogP contribution in [0.25, 0.3) is 0 Å². The molecule has 0 radical (unpaired) electrons. The molecule has 1 atom stereocenters. The van der Waals surface area contributed by atoms with Gasteiger partial charge < -0.3 is 19.4 Å². The summed E-state index contributed by atoms with van der Waals surface area (Å²) in [5.41, 5.74) is -0.371. The molecule has 1 aliphatic carbocycles. The van der Waals surface area contributed by atoms with E-state index in [2.05, 4.69) is 11.9 Å². The molecule has 6 nitrogen and oxygen atoms in total. The summed E-state index contributed by atoms with van der Waals surface area (Å²) in [6, 6.07) is 16.3. The number of amides is 2. The van der Waals surface area contributed by atoms with Crippen molar-refractivity contribution in [3.63, 3.8) is 0 Å². The molecule has 0 N–H and O–H groups in total. The minimum absolute atomic E-state index is 0.0800. The summed E-state index contributed by atoms with van der Waals surface area (Å²) < 4.78 is 20.5. The second kappa shape index (κ2) is 11.4. The summed E-state index contributed by atoms with van der Waals surface area (Å²) in [5.74, 6) is 0.694. The molecule has 2 amide bonds. The summed E-state index contributed by atoms with van der Waals surface area (Å²) in [4.78, 5) is 34.0. The monoisotopic (exact) mass is 521 g/mol. The lowest BCUT2D eigenvalue weighted by atomic mass is 9.74. The lowest BCUT2D eigenvalue weighted by Gasteiger charge is -2.46. The molecule has 1 saturated carbocycles. The first-order chi connectivity index (χ1) is 18.4. The van der Waals surface area contributed by atoms with Crippen molar-refractivity contribution in [3.8, 4) is 5.75 Å². The van der Waals surface area contributed by atoms with Crippen LogP contribution in [0.1, 0.15) is 50.5 Å². The van der Waals surface area contributed by atoms with E-state index in [0.717, 1.165) is 76.0 Å². The van der Waals surface area contributed by atoms with E-state index in [0.29, 0.717) is 26.1 Å². The first kappa shape index (κ1) is 26.7. The van der Waals surface area contributed by atoms with Crippen LogP contribution < -0.4 is 4.74 Å². The van der Waals surface area contributed by atoms with Crippen LogP contribution in [0.2, 0.25) is 0 Å². The van der Waals surface area contributed by atoms with E-state index in [-0.39, 0.29) is 17.6 Å². The van der Waals surface area contributed by atoms with Gasteiger partial charge in [-0.2, -0.15) is 0 Å². The van der Waals surface area contributed by atoms with E-state index in [1.54, 1.807) is 6.07 Å². The first-order valence-electron chi connectivity index (χ1n) is 14.1. The molecule has 3 fully saturated rings. The van der Waals surface area contributed by atoms with Gasteiger partial charge in [0.1, 0.15) is 11.6 Å². The molecule has 0 bridgehead atoms. The molecule has 0 aromatic heterocycles. The summed E-state index contributed by atoms with van der Waals surface area (Å²) in [5, 5.41) is 0. The molecule has 2 saturated heterocycles. The second-order valence-corrected chi connectivity index (χ2v) is 11.6. The van der Waals surface area contributed by atoms with E-state index < -0.39 is 10.8 Å². The lowest BCUT2D eigenvalue weighted by Crippen LogP contribution is -2.56. The van der Waals surface area contributed by atoms with Crippen molar-refractivity contribution in [2.24, 2.45) is 5.41 Å². The number of carbonyl (C=O) groups is 2. The quantitative estimate of drug-likeness (QED) is 0.539. The Morgan fingerprint density at radius 2 is 1.61 bits per heavy atom. The van der Waals surface area contributed by atoms with Crippen LogP contribution in [-0.4, -0.2) is 79.4 Å². The maximum atomic E-state index is 14.3. The minimum atomic E-state index is -0.688. The number of hydrogen-bond donors (Lipinski definition) is 0. The van der Waals surface area contributed by atoms with E-state index >= 15 is 0 Å². The number of hydrogen-bond acceptors (Lipinski definition) is 4. The fourth-order valence-corrected chi connectivity index (χ4v) is 6.63. The summed E-state index contributed by atoms with van der Waals surface area (Å²) in [7, 11) is 2.08. The molecule has 204 valence electrons. The maximum absolute atomic E-state index is 14.3. The molecular formula is C31H40FN3O3. The Kier molecular flexibility index (Phi) is 8.03. The molecular weight excluding hydrogens is 481 g/mol. The number of nitrogens with zero attached hydrogens (tertiary/aromatic N) is 3. The minimum Gasteiger partial charge on any atom is -0.493 e. The smallest absolute Gasteiger partial charge is 0.233 e. The van der Waals surface area contributed by atoms with Gasteiger partial charge in [0.2, 0.25) is 11.8 Å². The average Bonchev–Trinajstić information content (AvgIpc) is 3.44. The Balaban J connectivity index is 1.39. The normalized spacial score (nSPS) is 23.8. The Morgan fingerprint density at radius 1 is 0.868 bits per heavy atom. The summed E-state index contributed by atoms with van der Waals surface area (Å²) in [6.07, 6.45) is 5.40. The zero-order valence-electron chi connectivity index (χ0n) is 22.5. The molecule has 2 aromatic carbocycles. The molecule has 2 aromatic rings. The van der Waals surface area contributed by atoms with Crippen molar-refractivity contribution in [1.82, 2.24) is 14.7 Å². The van der Waals surface area contributed by atoms with Gasteiger partial charge in [0, 0.05) is 51.1 Å². The van der Waals surface area contributed by atoms with Gasteiger partial charge in [0.25, 0.3) is 0 Å². The third kappa shape index (κ3) is 5.73. The number of halogens is 1. The van der Waals surface area contributed by atoms with E-state index in [1.807, 2.05) is 46.2 Å². The van der Waals surface area contributed by atoms with Gasteiger partial charge in [-0.15, -0.1) is 0 Å². The zero-order chi connectivity index (χ0) is 26.6. The van der Waals surface area contributed by atoms with Crippen LogP contribution in [0, 0.1) is 11.2 Å². The van der Waals surface area contributed by atoms with Gasteiger partial charge in [-0.1, -0.05) is 43.2 Å². The SMILES string of the molecule is CN1CCN(C(=O)CC2(COc3ccccc3)CCCN(C(=O)C3(c4cccc(F)c4)CCCC3)C2)CC1. The molecule has 1 unspecified atom stereocenters. The highest BCUT2D eigenvalue weighted by molar-refractivity contribution is 5.89. The van der Waals surface area contributed by atoms with Crippen molar-refractivity contribution in [2.45, 2.75) is 50.4 Å². The molecule has 2 heterocycles. The molecule has 38 heavy (non-hydrogen) atoms. The van der Waals surface area contributed by atoms with Gasteiger partial charge >= 0.3 is 0 Å². The predicted octanol–water partition coefficient (Wildman–Crippen LogP) is 4.49. The number of piperidine rings is 1. The zero-order valence-corrected chi connectivity index (χ0v) is 22.5. The van der Waals surface area contributed by atoms with Crippen LogP contribution >= 0.6 is 0 Å². The van der Waals surface area contributed by atoms with Gasteiger partial charge in [0.15, 0.2) is 0 Å². The number of likely N-dealkylation sites (tertiary alicyclic amines) is 1. The van der Waals surface area contributed by atoms with E-state index in [4.69, 9.17) is 4.74 Å². The van der Waals surface area contributed by atoms with Crippen LogP contribution in [0.5, 0.6) is 5.75 Å². The topological polar surface area (TPSA) is 53.1 Å². The maximum Gasteiger partial charge on any atom is 0.233 e. The van der Waals surface area contributed by atoms with Crippen LogP contribution in [0.4, 0.5) is 4.39 Å². The number of ether oxygens (including phenoxy) is 1. The van der Waals surface area contributed by atoms with Crippen LogP contribution in [0.15, 0.2) is 54.6 Å². The Bertz CT molecular complexity index is 1110. The van der Waals surface area contributed by atoms with Gasteiger partial charge in [-0.25, -0.2) is 4.39 Å². The van der Waals surface area contributed by atoms with Crippen molar-refractivity contribution in [1.29, 1.82) is 0 Å². The summed E-state index contributed by atoms with van der Waals surface area (Å²) >= 11 is 0. The molecule has 7 heteroatoms. The number of carbonyl (C=O) groups excluding carboxylic acids is 2. The van der Waals surface area contributed by atoms with Crippen LogP contribution in [-0.2, 0) is 15.0 Å². The highest BCUT2D eigenvalue weighted by Crippen LogP contribution is 2.45. The van der Waals surface area contributed by atoms with Crippen molar-refractivity contribution < 1.29 is 18.7 Å². The van der Waals surface area contributed by atoms with E-state index in [9.17, 15) is 14.0 Å². The predicted molar refractivity (Wildman–Crippen MR) is 145 cm³/mol. The average molecular weight is 522 g/mol. The van der Waals surface area contributed by atoms with Gasteiger partial charge in [-0.05, 0) is 62.6 Å². The number of para-hydroxylation sites is 1. The number of piperazine rings is 1. The number of rotatable bonds is 7. The second-order valence-electron chi connectivity index (χ2n) is 11.6. The number of benzene rings is 2. The highest BCUT2D eigenvalue weighted by atomic mass is 19.1. The standard InChI is InChI=1S/C31H40FN3O3/c1-33-17-19-34(20-18-33)28(36)22-30(24-38-27-11-3-2-4-12-27)13-8-16-35(23-30)29(37)31(14-5-6-15-31)25-9-7-10-26(32)21-25/h2-4,7,9-12,21H,5-6,8,13-20,22-24H2,1H3. The fraction of sp³-hybridized carbons (Fsp3) is 0.548. The van der Waals surface area contributed by atoms with Crippen molar-refractivity contribution in [3.05, 3.63) is 66.0 Å². The van der Waals surface area contributed by atoms with Gasteiger partial charge in [-0.3, -0.25) is 9.59 Å². The first-order valence-corrected chi connectivity index (χ1v) is 14.1. The van der Waals surface area contributed by atoms with Crippen LogP contribution in [0.3, 0.4) is 0 Å². The summed E-state index contributed by atoms with van der Waals surface area (Å²) in [6.45, 7) is 4.74. The number of likely N-dealkylation sites (N-methyl/N-ethyl adjacent to an activating group) is 1. The Morgan fingerprint density at radius 3 is 2.32 bits per heavy atom. The lowest BCUT2D eigenvalue weighted by molar-refractivity contribution is -0.146. The molecule has 5 rings (SSSR count). The largest absolute Gasteiger partial charge is 0.493 e. The highest BCUT2D eigenvalue weighted by Gasteiger charge is 2.48. The van der Waals surface area contributed by atoms with E-state index in [1.165, 1.54) is 12.1 Å². The molecule has 2 aliphatic heterocycles. The Labute approximate surface area is 225 Å². The molecule has 0 spiro atoms. The van der Waals surface area contributed by atoms with Crippen molar-refractivity contribution >= 4 is 11.8 Å². The van der Waals surface area contributed by atoms with Gasteiger partial charge in [0.05, 0.1) is 12.0 Å².